The molecule has 1 heterocycles. The fraction of sp³-hybridized carbons (Fsp3) is 0.462. The van der Waals surface area contributed by atoms with Crippen molar-refractivity contribution in [2.24, 2.45) is 0 Å². The van der Waals surface area contributed by atoms with Gasteiger partial charge < -0.3 is 15.2 Å². The summed E-state index contributed by atoms with van der Waals surface area (Å²) in [6.45, 7) is 2.74. The number of anilines is 1. The number of hydrogen-bond acceptors (Lipinski definition) is 4. The van der Waals surface area contributed by atoms with Gasteiger partial charge in [-0.1, -0.05) is 17.7 Å². The van der Waals surface area contributed by atoms with Gasteiger partial charge in [0.25, 0.3) is 0 Å². The summed E-state index contributed by atoms with van der Waals surface area (Å²) >= 11 is 5.94. The van der Waals surface area contributed by atoms with Crippen LogP contribution in [-0.2, 0) is 4.74 Å². The van der Waals surface area contributed by atoms with Gasteiger partial charge in [0.05, 0.1) is 22.4 Å². The van der Waals surface area contributed by atoms with E-state index in [0.717, 1.165) is 0 Å². The van der Waals surface area contributed by atoms with E-state index in [1.165, 1.54) is 0 Å². The Morgan fingerprint density at radius 3 is 3.06 bits per heavy atom. The molecule has 96 valence electrons. The average Bonchev–Trinajstić information content (AvgIpc) is 2.68. The first kappa shape index (κ1) is 13.2. The topological polar surface area (TPSA) is 65.3 Å². The second kappa shape index (κ2) is 5.15. The SMILES string of the molecule is CC1OCCC1(O)CNc1cccc(Cl)c1C#N. The first-order valence-corrected chi connectivity index (χ1v) is 6.21. The lowest BCUT2D eigenvalue weighted by Crippen LogP contribution is -2.43. The van der Waals surface area contributed by atoms with E-state index in [-0.39, 0.29) is 6.10 Å². The lowest BCUT2D eigenvalue weighted by Gasteiger charge is -2.27. The van der Waals surface area contributed by atoms with Crippen LogP contribution in [0.5, 0.6) is 0 Å². The van der Waals surface area contributed by atoms with Gasteiger partial charge in [0.15, 0.2) is 0 Å². The predicted molar refractivity (Wildman–Crippen MR) is 69.6 cm³/mol. The molecule has 1 fully saturated rings. The first-order valence-electron chi connectivity index (χ1n) is 5.83. The van der Waals surface area contributed by atoms with E-state index < -0.39 is 5.60 Å². The van der Waals surface area contributed by atoms with Gasteiger partial charge in [0, 0.05) is 19.6 Å². The molecule has 1 aromatic rings. The summed E-state index contributed by atoms with van der Waals surface area (Å²) in [7, 11) is 0. The molecular formula is C13H15ClN2O2. The summed E-state index contributed by atoms with van der Waals surface area (Å²) in [6.07, 6.45) is 0.374. The highest BCUT2D eigenvalue weighted by molar-refractivity contribution is 6.32. The van der Waals surface area contributed by atoms with Crippen LogP contribution in [0.1, 0.15) is 18.9 Å². The molecule has 2 unspecified atom stereocenters. The molecule has 0 spiro atoms. The van der Waals surface area contributed by atoms with Crippen molar-refractivity contribution in [3.63, 3.8) is 0 Å². The molecule has 2 N–H and O–H groups in total. The summed E-state index contributed by atoms with van der Waals surface area (Å²) < 4.78 is 5.36. The zero-order valence-corrected chi connectivity index (χ0v) is 10.9. The molecular weight excluding hydrogens is 252 g/mol. The van der Waals surface area contributed by atoms with Gasteiger partial charge in [-0.25, -0.2) is 0 Å². The van der Waals surface area contributed by atoms with Gasteiger partial charge in [0.1, 0.15) is 11.7 Å². The van der Waals surface area contributed by atoms with Gasteiger partial charge >= 0.3 is 0 Å². The van der Waals surface area contributed by atoms with Crippen molar-refractivity contribution in [2.75, 3.05) is 18.5 Å². The molecule has 0 aromatic heterocycles. The molecule has 0 aliphatic carbocycles. The minimum atomic E-state index is -0.894. The number of nitrogens with one attached hydrogen (secondary N) is 1. The van der Waals surface area contributed by atoms with Crippen LogP contribution in [0.2, 0.25) is 5.02 Å². The van der Waals surface area contributed by atoms with Crippen molar-refractivity contribution in [3.8, 4) is 6.07 Å². The molecule has 0 amide bonds. The number of ether oxygens (including phenoxy) is 1. The maximum atomic E-state index is 10.4. The molecule has 5 heteroatoms. The summed E-state index contributed by atoms with van der Waals surface area (Å²) in [5, 5.41) is 22.9. The summed E-state index contributed by atoms with van der Waals surface area (Å²) in [4.78, 5) is 0. The molecule has 1 aliphatic rings. The van der Waals surface area contributed by atoms with E-state index in [2.05, 4.69) is 11.4 Å². The van der Waals surface area contributed by atoms with Gasteiger partial charge in [0.2, 0.25) is 0 Å². The van der Waals surface area contributed by atoms with Crippen molar-refractivity contribution in [1.29, 1.82) is 5.26 Å². The smallest absolute Gasteiger partial charge is 0.110 e. The fourth-order valence-electron chi connectivity index (χ4n) is 2.04. The van der Waals surface area contributed by atoms with Crippen LogP contribution in [0, 0.1) is 11.3 Å². The van der Waals surface area contributed by atoms with Crippen molar-refractivity contribution < 1.29 is 9.84 Å². The molecule has 1 aromatic carbocycles. The Kier molecular flexibility index (Phi) is 3.76. The zero-order chi connectivity index (χ0) is 13.2. The van der Waals surface area contributed by atoms with Crippen LogP contribution in [0.4, 0.5) is 5.69 Å². The van der Waals surface area contributed by atoms with E-state index in [1.54, 1.807) is 18.2 Å². The largest absolute Gasteiger partial charge is 0.385 e. The van der Waals surface area contributed by atoms with Crippen molar-refractivity contribution in [1.82, 2.24) is 0 Å². The van der Waals surface area contributed by atoms with Crippen molar-refractivity contribution >= 4 is 17.3 Å². The van der Waals surface area contributed by atoms with Crippen LogP contribution in [0.15, 0.2) is 18.2 Å². The minimum absolute atomic E-state index is 0.213. The standard InChI is InChI=1S/C13H15ClN2O2/c1-9-13(17,5-6-18-9)8-16-12-4-2-3-11(14)10(12)7-15/h2-4,9,16-17H,5-6,8H2,1H3. The van der Waals surface area contributed by atoms with Gasteiger partial charge in [-0.05, 0) is 19.1 Å². The Bertz CT molecular complexity index is 486. The number of benzene rings is 1. The van der Waals surface area contributed by atoms with E-state index in [0.29, 0.717) is 35.8 Å². The van der Waals surface area contributed by atoms with Crippen LogP contribution in [-0.4, -0.2) is 30.0 Å². The third-order valence-electron chi connectivity index (χ3n) is 3.37. The highest BCUT2D eigenvalue weighted by Crippen LogP contribution is 2.28. The minimum Gasteiger partial charge on any atom is -0.385 e. The van der Waals surface area contributed by atoms with E-state index in [1.807, 2.05) is 6.92 Å². The number of rotatable bonds is 3. The normalized spacial score (nSPS) is 26.9. The second-order valence-corrected chi connectivity index (χ2v) is 4.90. The first-order chi connectivity index (χ1) is 8.57. The van der Waals surface area contributed by atoms with Crippen LogP contribution in [0.3, 0.4) is 0 Å². The third kappa shape index (κ3) is 2.44. The molecule has 0 bridgehead atoms. The Morgan fingerprint density at radius 2 is 2.44 bits per heavy atom. The Balaban J connectivity index is 2.12. The predicted octanol–water partition coefficient (Wildman–Crippen LogP) is 2.16. The van der Waals surface area contributed by atoms with E-state index in [4.69, 9.17) is 21.6 Å². The molecule has 1 aliphatic heterocycles. The number of aliphatic hydroxyl groups is 1. The highest BCUT2D eigenvalue weighted by Gasteiger charge is 2.39. The molecule has 0 radical (unpaired) electrons. The highest BCUT2D eigenvalue weighted by atomic mass is 35.5. The van der Waals surface area contributed by atoms with E-state index >= 15 is 0 Å². The van der Waals surface area contributed by atoms with Gasteiger partial charge in [-0.2, -0.15) is 5.26 Å². The van der Waals surface area contributed by atoms with E-state index in [9.17, 15) is 5.11 Å². The Morgan fingerprint density at radius 1 is 1.67 bits per heavy atom. The monoisotopic (exact) mass is 266 g/mol. The van der Waals surface area contributed by atoms with Gasteiger partial charge in [-0.3, -0.25) is 0 Å². The number of halogens is 1. The fourth-order valence-corrected chi connectivity index (χ4v) is 2.25. The molecule has 2 rings (SSSR count). The summed E-state index contributed by atoms with van der Waals surface area (Å²) in [6, 6.07) is 7.26. The summed E-state index contributed by atoms with van der Waals surface area (Å²) in [5.74, 6) is 0. The molecule has 0 saturated carbocycles. The Hall–Kier alpha value is -1.28. The second-order valence-electron chi connectivity index (χ2n) is 4.49. The molecule has 1 saturated heterocycles. The van der Waals surface area contributed by atoms with Crippen LogP contribution in [0.25, 0.3) is 0 Å². The molecule has 18 heavy (non-hydrogen) atoms. The van der Waals surface area contributed by atoms with Crippen molar-refractivity contribution in [2.45, 2.75) is 25.0 Å². The maximum absolute atomic E-state index is 10.4. The summed E-state index contributed by atoms with van der Waals surface area (Å²) in [5.41, 5.74) is 0.140. The average molecular weight is 267 g/mol. The lowest BCUT2D eigenvalue weighted by molar-refractivity contribution is -0.0175. The van der Waals surface area contributed by atoms with Crippen LogP contribution >= 0.6 is 11.6 Å². The van der Waals surface area contributed by atoms with Gasteiger partial charge in [-0.15, -0.1) is 0 Å². The number of hydrogen-bond donors (Lipinski definition) is 2. The quantitative estimate of drug-likeness (QED) is 0.880. The number of nitriles is 1. The molecule has 4 nitrogen and oxygen atoms in total. The lowest BCUT2D eigenvalue weighted by atomic mass is 9.96. The third-order valence-corrected chi connectivity index (χ3v) is 3.68. The number of nitrogens with zero attached hydrogens (tertiary/aromatic N) is 1. The molecule has 2 atom stereocenters. The van der Waals surface area contributed by atoms with Crippen molar-refractivity contribution in [3.05, 3.63) is 28.8 Å². The Labute approximate surface area is 111 Å². The zero-order valence-electron chi connectivity index (χ0n) is 10.1. The maximum Gasteiger partial charge on any atom is 0.110 e. The van der Waals surface area contributed by atoms with Crippen LogP contribution < -0.4 is 5.32 Å².